The zero-order valence-corrected chi connectivity index (χ0v) is 17.5. The van der Waals surface area contributed by atoms with Crippen LogP contribution in [0.2, 0.25) is 0 Å². The molecular formula is C20H26ClN3O3S. The van der Waals surface area contributed by atoms with Gasteiger partial charge >= 0.3 is 0 Å². The SMILES string of the molecule is CN1CCN(CCC2Oc3ccccc3N(c3ccccc3)S2(=O)=O)CC1.Cl. The molecule has 2 aliphatic rings. The first-order valence-corrected chi connectivity index (χ1v) is 10.8. The van der Waals surface area contributed by atoms with Gasteiger partial charge in [0.05, 0.1) is 11.4 Å². The Morgan fingerprint density at radius 1 is 0.964 bits per heavy atom. The number of rotatable bonds is 4. The van der Waals surface area contributed by atoms with Crippen LogP contribution in [0.25, 0.3) is 0 Å². The van der Waals surface area contributed by atoms with Crippen molar-refractivity contribution >= 4 is 33.8 Å². The fourth-order valence-corrected chi connectivity index (χ4v) is 5.30. The van der Waals surface area contributed by atoms with E-state index >= 15 is 0 Å². The molecule has 0 radical (unpaired) electrons. The standard InChI is InChI=1S/C20H25N3O3S.ClH/c1-21-13-15-22(16-14-21)12-11-20-26-19-10-6-5-9-18(19)23(27(20,24)25)17-7-3-2-4-8-17;/h2-10,20H,11-16H2,1H3;1H. The van der Waals surface area contributed by atoms with Crippen LogP contribution in [0.5, 0.6) is 5.75 Å². The summed E-state index contributed by atoms with van der Waals surface area (Å²) in [5.41, 5.74) is 0.324. The molecule has 1 atom stereocenters. The van der Waals surface area contributed by atoms with Gasteiger partial charge in [-0.2, -0.15) is 0 Å². The number of likely N-dealkylation sites (N-methyl/N-ethyl adjacent to an activating group) is 1. The summed E-state index contributed by atoms with van der Waals surface area (Å²) in [4.78, 5) is 4.60. The summed E-state index contributed by atoms with van der Waals surface area (Å²) in [6.45, 7) is 4.65. The van der Waals surface area contributed by atoms with Gasteiger partial charge in [0.2, 0.25) is 5.44 Å². The third-order valence-electron chi connectivity index (χ3n) is 5.20. The molecule has 0 aliphatic carbocycles. The fourth-order valence-electron chi connectivity index (χ4n) is 3.60. The molecule has 4 rings (SSSR count). The van der Waals surface area contributed by atoms with Crippen molar-refractivity contribution < 1.29 is 13.2 Å². The van der Waals surface area contributed by atoms with Crippen LogP contribution in [0.3, 0.4) is 0 Å². The molecule has 8 heteroatoms. The van der Waals surface area contributed by atoms with E-state index in [1.54, 1.807) is 6.07 Å². The van der Waals surface area contributed by atoms with E-state index in [1.165, 1.54) is 4.31 Å². The Balaban J connectivity index is 0.00000225. The van der Waals surface area contributed by atoms with Gasteiger partial charge in [-0.3, -0.25) is 0 Å². The first-order valence-electron chi connectivity index (χ1n) is 9.31. The highest BCUT2D eigenvalue weighted by Crippen LogP contribution is 2.42. The van der Waals surface area contributed by atoms with Crippen LogP contribution in [0.4, 0.5) is 11.4 Å². The lowest BCUT2D eigenvalue weighted by molar-refractivity contribution is 0.139. The minimum Gasteiger partial charge on any atom is -0.470 e. The van der Waals surface area contributed by atoms with E-state index in [4.69, 9.17) is 4.74 Å². The predicted molar refractivity (Wildman–Crippen MR) is 114 cm³/mol. The topological polar surface area (TPSA) is 53.1 Å². The second-order valence-corrected chi connectivity index (χ2v) is 9.01. The predicted octanol–water partition coefficient (Wildman–Crippen LogP) is 2.93. The number of halogens is 1. The van der Waals surface area contributed by atoms with E-state index in [0.29, 0.717) is 30.1 Å². The monoisotopic (exact) mass is 423 g/mol. The number of sulfonamides is 1. The highest BCUT2D eigenvalue weighted by Gasteiger charge is 2.41. The van der Waals surface area contributed by atoms with Gasteiger partial charge in [0.25, 0.3) is 10.0 Å². The summed E-state index contributed by atoms with van der Waals surface area (Å²) in [5.74, 6) is 0.611. The molecule has 2 heterocycles. The molecule has 28 heavy (non-hydrogen) atoms. The maximum absolute atomic E-state index is 13.4. The van der Waals surface area contributed by atoms with Crippen molar-refractivity contribution in [2.45, 2.75) is 11.9 Å². The van der Waals surface area contributed by atoms with Gasteiger partial charge in [-0.25, -0.2) is 12.7 Å². The number of hydrogen-bond donors (Lipinski definition) is 0. The third kappa shape index (κ3) is 4.12. The lowest BCUT2D eigenvalue weighted by Crippen LogP contribution is -2.48. The van der Waals surface area contributed by atoms with Gasteiger partial charge in [-0.15, -0.1) is 12.4 Å². The lowest BCUT2D eigenvalue weighted by Gasteiger charge is -2.37. The highest BCUT2D eigenvalue weighted by atomic mass is 35.5. The van der Waals surface area contributed by atoms with Gasteiger partial charge in [-0.1, -0.05) is 30.3 Å². The maximum Gasteiger partial charge on any atom is 0.278 e. The first-order chi connectivity index (χ1) is 13.1. The van der Waals surface area contributed by atoms with Gasteiger partial charge < -0.3 is 14.5 Å². The largest absolute Gasteiger partial charge is 0.470 e. The van der Waals surface area contributed by atoms with Crippen LogP contribution < -0.4 is 9.04 Å². The number of para-hydroxylation sites is 3. The van der Waals surface area contributed by atoms with Crippen molar-refractivity contribution in [3.63, 3.8) is 0 Å². The summed E-state index contributed by atoms with van der Waals surface area (Å²) >= 11 is 0. The Labute approximate surface area is 173 Å². The van der Waals surface area contributed by atoms with E-state index < -0.39 is 15.5 Å². The van der Waals surface area contributed by atoms with E-state index in [2.05, 4.69) is 16.8 Å². The van der Waals surface area contributed by atoms with E-state index in [0.717, 1.165) is 26.2 Å². The average Bonchev–Trinajstić information content (AvgIpc) is 2.68. The summed E-state index contributed by atoms with van der Waals surface area (Å²) in [6, 6.07) is 16.5. The molecule has 1 fully saturated rings. The van der Waals surface area contributed by atoms with Crippen molar-refractivity contribution in [3.8, 4) is 5.75 Å². The molecule has 6 nitrogen and oxygen atoms in total. The van der Waals surface area contributed by atoms with E-state index in [-0.39, 0.29) is 12.4 Å². The maximum atomic E-state index is 13.4. The molecule has 2 aliphatic heterocycles. The fraction of sp³-hybridized carbons (Fsp3) is 0.400. The van der Waals surface area contributed by atoms with Gasteiger partial charge in [0.1, 0.15) is 5.75 Å². The Hall–Kier alpha value is -1.80. The van der Waals surface area contributed by atoms with Gasteiger partial charge in [0, 0.05) is 39.1 Å². The van der Waals surface area contributed by atoms with E-state index in [1.807, 2.05) is 48.5 Å². The van der Waals surface area contributed by atoms with Crippen molar-refractivity contribution in [1.82, 2.24) is 9.80 Å². The number of piperazine rings is 1. The van der Waals surface area contributed by atoms with Crippen molar-refractivity contribution in [2.24, 2.45) is 0 Å². The van der Waals surface area contributed by atoms with Crippen LogP contribution >= 0.6 is 12.4 Å². The molecule has 0 bridgehead atoms. The summed E-state index contributed by atoms with van der Waals surface area (Å²) < 4.78 is 34.1. The number of hydrogen-bond acceptors (Lipinski definition) is 5. The molecule has 0 aromatic heterocycles. The van der Waals surface area contributed by atoms with Crippen molar-refractivity contribution in [2.75, 3.05) is 44.1 Å². The number of fused-ring (bicyclic) bond motifs is 1. The Bertz CT molecular complexity index is 887. The molecule has 152 valence electrons. The molecular weight excluding hydrogens is 398 g/mol. The zero-order valence-electron chi connectivity index (χ0n) is 15.9. The zero-order chi connectivity index (χ0) is 18.9. The second kappa shape index (κ2) is 8.69. The normalized spacial score (nSPS) is 22.0. The molecule has 1 unspecified atom stereocenters. The Morgan fingerprint density at radius 3 is 2.32 bits per heavy atom. The smallest absolute Gasteiger partial charge is 0.278 e. The quantitative estimate of drug-likeness (QED) is 0.756. The Morgan fingerprint density at radius 2 is 1.61 bits per heavy atom. The van der Waals surface area contributed by atoms with Crippen LogP contribution in [0.1, 0.15) is 6.42 Å². The van der Waals surface area contributed by atoms with Crippen molar-refractivity contribution in [3.05, 3.63) is 54.6 Å². The Kier molecular flexibility index (Phi) is 6.50. The first kappa shape index (κ1) is 20.9. The average molecular weight is 424 g/mol. The number of anilines is 2. The highest BCUT2D eigenvalue weighted by molar-refractivity contribution is 7.93. The summed E-state index contributed by atoms with van der Waals surface area (Å²) in [6.07, 6.45) is 0.448. The molecule has 0 N–H and O–H groups in total. The van der Waals surface area contributed by atoms with Gasteiger partial charge in [0.15, 0.2) is 0 Å². The molecule has 0 saturated carbocycles. The summed E-state index contributed by atoms with van der Waals surface area (Å²) in [7, 11) is -1.56. The van der Waals surface area contributed by atoms with Crippen LogP contribution in [-0.2, 0) is 10.0 Å². The van der Waals surface area contributed by atoms with Crippen LogP contribution in [0, 0.1) is 0 Å². The van der Waals surface area contributed by atoms with Crippen molar-refractivity contribution in [1.29, 1.82) is 0 Å². The van der Waals surface area contributed by atoms with Crippen LogP contribution in [0.15, 0.2) is 54.6 Å². The lowest BCUT2D eigenvalue weighted by atomic mass is 10.2. The van der Waals surface area contributed by atoms with Gasteiger partial charge in [-0.05, 0) is 31.3 Å². The molecule has 0 amide bonds. The summed E-state index contributed by atoms with van der Waals surface area (Å²) in [5, 5.41) is 0. The number of nitrogens with zero attached hydrogens (tertiary/aromatic N) is 3. The third-order valence-corrected chi connectivity index (χ3v) is 7.11. The minimum atomic E-state index is -3.67. The minimum absolute atomic E-state index is 0. The molecule has 2 aromatic carbocycles. The second-order valence-electron chi connectivity index (χ2n) is 7.09. The molecule has 2 aromatic rings. The van der Waals surface area contributed by atoms with Crippen LogP contribution in [-0.4, -0.2) is 63.4 Å². The number of benzene rings is 2. The molecule has 1 saturated heterocycles. The number of ether oxygens (including phenoxy) is 1. The van der Waals surface area contributed by atoms with E-state index in [9.17, 15) is 8.42 Å². The molecule has 0 spiro atoms.